The molecular formula is C18H33IN4O2. The van der Waals surface area contributed by atoms with Gasteiger partial charge in [0.2, 0.25) is 0 Å². The standard InChI is InChI=1S/C18H32N4O2.HI/c1-5-15-14(16(6-2)24-22-15)12-20-17(19-3)21-13-18(8-7-9-18)10-11-23-4;/h5-13H2,1-4H3,(H2,19,20,21);1H. The molecule has 0 aromatic carbocycles. The van der Waals surface area contributed by atoms with Gasteiger partial charge >= 0.3 is 0 Å². The number of rotatable bonds is 9. The molecule has 1 aliphatic rings. The number of hydrogen-bond donors (Lipinski definition) is 2. The second-order valence-corrected chi connectivity index (χ2v) is 6.61. The summed E-state index contributed by atoms with van der Waals surface area (Å²) in [5.41, 5.74) is 2.57. The number of halogens is 1. The number of aryl methyl sites for hydroxylation is 2. The Morgan fingerprint density at radius 2 is 2.04 bits per heavy atom. The summed E-state index contributed by atoms with van der Waals surface area (Å²) in [4.78, 5) is 4.35. The number of ether oxygens (including phenoxy) is 1. The highest BCUT2D eigenvalue weighted by molar-refractivity contribution is 14.0. The van der Waals surface area contributed by atoms with Crippen molar-refractivity contribution in [2.75, 3.05) is 27.3 Å². The molecule has 0 amide bonds. The van der Waals surface area contributed by atoms with Crippen molar-refractivity contribution in [1.82, 2.24) is 15.8 Å². The van der Waals surface area contributed by atoms with Crippen molar-refractivity contribution in [3.63, 3.8) is 0 Å². The van der Waals surface area contributed by atoms with Gasteiger partial charge in [-0.25, -0.2) is 0 Å². The lowest BCUT2D eigenvalue weighted by atomic mass is 9.67. The summed E-state index contributed by atoms with van der Waals surface area (Å²) in [6, 6.07) is 0. The molecule has 144 valence electrons. The number of hydrogen-bond acceptors (Lipinski definition) is 4. The molecule has 0 bridgehead atoms. The minimum atomic E-state index is 0. The number of nitrogens with zero attached hydrogens (tertiary/aromatic N) is 2. The third-order valence-electron chi connectivity index (χ3n) is 5.14. The highest BCUT2D eigenvalue weighted by atomic mass is 127. The molecular weight excluding hydrogens is 431 g/mol. The average Bonchev–Trinajstić information content (AvgIpc) is 2.98. The van der Waals surface area contributed by atoms with E-state index in [4.69, 9.17) is 9.26 Å². The van der Waals surface area contributed by atoms with Gasteiger partial charge in [-0.3, -0.25) is 4.99 Å². The molecule has 1 saturated carbocycles. The molecule has 0 atom stereocenters. The highest BCUT2D eigenvalue weighted by Gasteiger charge is 2.36. The second kappa shape index (κ2) is 11.0. The van der Waals surface area contributed by atoms with Crippen LogP contribution < -0.4 is 10.6 Å². The Hall–Kier alpha value is -0.830. The Kier molecular flexibility index (Phi) is 9.78. The first-order chi connectivity index (χ1) is 11.7. The van der Waals surface area contributed by atoms with Crippen LogP contribution in [-0.4, -0.2) is 38.4 Å². The van der Waals surface area contributed by atoms with Gasteiger partial charge in [-0.1, -0.05) is 25.4 Å². The Labute approximate surface area is 168 Å². The summed E-state index contributed by atoms with van der Waals surface area (Å²) in [5.74, 6) is 1.80. The first-order valence-electron chi connectivity index (χ1n) is 9.07. The maximum absolute atomic E-state index is 5.42. The van der Waals surface area contributed by atoms with Gasteiger partial charge < -0.3 is 19.9 Å². The van der Waals surface area contributed by atoms with E-state index in [2.05, 4.69) is 34.6 Å². The molecule has 0 spiro atoms. The van der Waals surface area contributed by atoms with Crippen LogP contribution >= 0.6 is 24.0 Å². The van der Waals surface area contributed by atoms with Gasteiger partial charge in [-0.2, -0.15) is 0 Å². The lowest BCUT2D eigenvalue weighted by Gasteiger charge is -2.42. The van der Waals surface area contributed by atoms with Crippen LogP contribution in [-0.2, 0) is 24.1 Å². The average molecular weight is 464 g/mol. The van der Waals surface area contributed by atoms with E-state index in [0.29, 0.717) is 12.0 Å². The minimum Gasteiger partial charge on any atom is -0.385 e. The molecule has 0 saturated heterocycles. The molecule has 1 fully saturated rings. The first kappa shape index (κ1) is 22.2. The van der Waals surface area contributed by atoms with E-state index >= 15 is 0 Å². The van der Waals surface area contributed by atoms with Crippen molar-refractivity contribution < 1.29 is 9.26 Å². The van der Waals surface area contributed by atoms with E-state index in [1.54, 1.807) is 7.11 Å². The summed E-state index contributed by atoms with van der Waals surface area (Å²) in [6.07, 6.45) is 6.71. The third kappa shape index (κ3) is 5.84. The zero-order valence-corrected chi connectivity index (χ0v) is 18.3. The molecule has 2 rings (SSSR count). The van der Waals surface area contributed by atoms with Crippen molar-refractivity contribution in [3.05, 3.63) is 17.0 Å². The maximum Gasteiger partial charge on any atom is 0.191 e. The molecule has 7 heteroatoms. The summed E-state index contributed by atoms with van der Waals surface area (Å²) in [6.45, 7) is 6.66. The van der Waals surface area contributed by atoms with Crippen molar-refractivity contribution in [3.8, 4) is 0 Å². The Morgan fingerprint density at radius 1 is 1.28 bits per heavy atom. The van der Waals surface area contributed by atoms with Crippen LogP contribution in [0.2, 0.25) is 0 Å². The van der Waals surface area contributed by atoms with E-state index < -0.39 is 0 Å². The fourth-order valence-corrected chi connectivity index (χ4v) is 3.31. The monoisotopic (exact) mass is 464 g/mol. The summed E-state index contributed by atoms with van der Waals surface area (Å²) in [5, 5.41) is 11.1. The van der Waals surface area contributed by atoms with Gasteiger partial charge in [-0.15, -0.1) is 24.0 Å². The molecule has 25 heavy (non-hydrogen) atoms. The number of methoxy groups -OCH3 is 1. The van der Waals surface area contributed by atoms with Gasteiger partial charge in [0.25, 0.3) is 0 Å². The van der Waals surface area contributed by atoms with Gasteiger partial charge in [-0.05, 0) is 31.1 Å². The molecule has 6 nitrogen and oxygen atoms in total. The molecule has 1 aliphatic carbocycles. The van der Waals surface area contributed by atoms with Gasteiger partial charge in [0, 0.05) is 45.8 Å². The van der Waals surface area contributed by atoms with Crippen LogP contribution in [0.1, 0.15) is 56.5 Å². The van der Waals surface area contributed by atoms with Gasteiger partial charge in [0.05, 0.1) is 5.69 Å². The fraction of sp³-hybridized carbons (Fsp3) is 0.778. The van der Waals surface area contributed by atoms with Crippen LogP contribution in [0.4, 0.5) is 0 Å². The zero-order valence-electron chi connectivity index (χ0n) is 16.0. The molecule has 0 unspecified atom stereocenters. The second-order valence-electron chi connectivity index (χ2n) is 6.61. The van der Waals surface area contributed by atoms with Gasteiger partial charge in [0.1, 0.15) is 5.76 Å². The molecule has 0 aliphatic heterocycles. The molecule has 1 aromatic rings. The summed E-state index contributed by atoms with van der Waals surface area (Å²) in [7, 11) is 3.59. The van der Waals surface area contributed by atoms with Crippen molar-refractivity contribution in [2.45, 2.75) is 58.9 Å². The smallest absolute Gasteiger partial charge is 0.191 e. The van der Waals surface area contributed by atoms with Crippen LogP contribution in [0.5, 0.6) is 0 Å². The van der Waals surface area contributed by atoms with Crippen LogP contribution in [0, 0.1) is 5.41 Å². The number of aliphatic imine (C=N–C) groups is 1. The predicted octanol–water partition coefficient (Wildman–Crippen LogP) is 3.29. The topological polar surface area (TPSA) is 71.7 Å². The zero-order chi connectivity index (χ0) is 17.4. The number of aromatic nitrogens is 1. The maximum atomic E-state index is 5.42. The molecule has 2 N–H and O–H groups in total. The number of nitrogens with one attached hydrogen (secondary N) is 2. The quantitative estimate of drug-likeness (QED) is 0.334. The highest BCUT2D eigenvalue weighted by Crippen LogP contribution is 2.43. The third-order valence-corrected chi connectivity index (χ3v) is 5.14. The van der Waals surface area contributed by atoms with E-state index in [9.17, 15) is 0 Å². The molecule has 1 aromatic heterocycles. The van der Waals surface area contributed by atoms with Crippen molar-refractivity contribution in [2.24, 2.45) is 10.4 Å². The predicted molar refractivity (Wildman–Crippen MR) is 112 cm³/mol. The van der Waals surface area contributed by atoms with E-state index in [1.807, 2.05) is 7.05 Å². The van der Waals surface area contributed by atoms with Crippen molar-refractivity contribution in [1.29, 1.82) is 0 Å². The van der Waals surface area contributed by atoms with Crippen LogP contribution in [0.15, 0.2) is 9.52 Å². The lowest BCUT2D eigenvalue weighted by molar-refractivity contribution is 0.0732. The van der Waals surface area contributed by atoms with Gasteiger partial charge in [0.15, 0.2) is 5.96 Å². The number of guanidine groups is 1. The Bertz CT molecular complexity index is 520. The Morgan fingerprint density at radius 3 is 2.56 bits per heavy atom. The normalized spacial score (nSPS) is 16.1. The van der Waals surface area contributed by atoms with Crippen molar-refractivity contribution >= 4 is 29.9 Å². The largest absolute Gasteiger partial charge is 0.385 e. The lowest BCUT2D eigenvalue weighted by Crippen LogP contribution is -2.46. The molecule has 0 radical (unpaired) electrons. The van der Waals surface area contributed by atoms with E-state index in [0.717, 1.165) is 49.8 Å². The minimum absolute atomic E-state index is 0. The van der Waals surface area contributed by atoms with Crippen LogP contribution in [0.25, 0.3) is 0 Å². The van der Waals surface area contributed by atoms with E-state index in [1.165, 1.54) is 24.8 Å². The van der Waals surface area contributed by atoms with Crippen LogP contribution in [0.3, 0.4) is 0 Å². The summed E-state index contributed by atoms with van der Waals surface area (Å²) >= 11 is 0. The van der Waals surface area contributed by atoms with E-state index in [-0.39, 0.29) is 24.0 Å². The first-order valence-corrected chi connectivity index (χ1v) is 9.07. The Balaban J connectivity index is 0.00000312. The summed E-state index contributed by atoms with van der Waals surface area (Å²) < 4.78 is 10.7. The SMILES string of the molecule is CCc1noc(CC)c1CNC(=NC)NCC1(CCOC)CCC1.I. The molecule has 1 heterocycles. The fourth-order valence-electron chi connectivity index (χ4n) is 3.31.